The average molecular weight is 373 g/mol. The Morgan fingerprint density at radius 3 is 2.36 bits per heavy atom. The van der Waals surface area contributed by atoms with E-state index in [9.17, 15) is 18.0 Å². The number of amides is 1. The van der Waals surface area contributed by atoms with Gasteiger partial charge in [0.25, 0.3) is 5.91 Å². The number of hydrogen-bond donors (Lipinski definition) is 1. The quantitative estimate of drug-likeness (QED) is 0.852. The maximum Gasteiger partial charge on any atom is 0.416 e. The lowest BCUT2D eigenvalue weighted by atomic mass is 10.2. The third-order valence-corrected chi connectivity index (χ3v) is 3.84. The lowest BCUT2D eigenvalue weighted by molar-refractivity contribution is -0.137. The second-order valence-electron chi connectivity index (χ2n) is 5.10. The summed E-state index contributed by atoms with van der Waals surface area (Å²) in [7, 11) is 0. The SMILES string of the molecule is CCN(CC)c1ccc(C(=O)Nc2cc(C(F)(F)F)ccc2Cl)nn1. The van der Waals surface area contributed by atoms with E-state index >= 15 is 0 Å². The highest BCUT2D eigenvalue weighted by atomic mass is 35.5. The molecule has 25 heavy (non-hydrogen) atoms. The van der Waals surface area contributed by atoms with E-state index in [1.807, 2.05) is 18.7 Å². The van der Waals surface area contributed by atoms with Crippen LogP contribution >= 0.6 is 11.6 Å². The van der Waals surface area contributed by atoms with Crippen LogP contribution in [0.2, 0.25) is 5.02 Å². The first-order valence-electron chi connectivity index (χ1n) is 7.53. The van der Waals surface area contributed by atoms with Crippen LogP contribution in [0.5, 0.6) is 0 Å². The number of halogens is 4. The third kappa shape index (κ3) is 4.60. The standard InChI is InChI=1S/C16H16ClF3N4O/c1-3-24(4-2)14-8-7-12(22-23-14)15(25)21-13-9-10(16(18,19)20)5-6-11(13)17/h5-9H,3-4H2,1-2H3,(H,21,25). The van der Waals surface area contributed by atoms with Crippen LogP contribution in [0.1, 0.15) is 29.9 Å². The van der Waals surface area contributed by atoms with Crippen LogP contribution in [0.25, 0.3) is 0 Å². The van der Waals surface area contributed by atoms with Crippen LogP contribution in [0.3, 0.4) is 0 Å². The average Bonchev–Trinajstić information content (AvgIpc) is 2.57. The molecule has 0 aliphatic rings. The van der Waals surface area contributed by atoms with E-state index in [4.69, 9.17) is 11.6 Å². The summed E-state index contributed by atoms with van der Waals surface area (Å²) in [6.07, 6.45) is -4.53. The first kappa shape index (κ1) is 19.0. The Labute approximate surface area is 147 Å². The Bertz CT molecular complexity index is 746. The molecule has 0 saturated heterocycles. The number of carbonyl (C=O) groups excluding carboxylic acids is 1. The van der Waals surface area contributed by atoms with Gasteiger partial charge in [-0.05, 0) is 44.2 Å². The molecule has 0 spiro atoms. The maximum atomic E-state index is 12.8. The first-order chi connectivity index (χ1) is 11.8. The predicted molar refractivity (Wildman–Crippen MR) is 90.0 cm³/mol. The van der Waals surface area contributed by atoms with Crippen LogP contribution in [0.4, 0.5) is 24.7 Å². The van der Waals surface area contributed by atoms with E-state index in [2.05, 4.69) is 15.5 Å². The van der Waals surface area contributed by atoms with Crippen molar-refractivity contribution in [3.8, 4) is 0 Å². The highest BCUT2D eigenvalue weighted by molar-refractivity contribution is 6.33. The number of hydrogen-bond acceptors (Lipinski definition) is 4. The fraction of sp³-hybridized carbons (Fsp3) is 0.312. The van der Waals surface area contributed by atoms with Gasteiger partial charge in [-0.15, -0.1) is 10.2 Å². The molecule has 0 fully saturated rings. The zero-order chi connectivity index (χ0) is 18.6. The predicted octanol–water partition coefficient (Wildman–Crippen LogP) is 4.25. The van der Waals surface area contributed by atoms with Crippen LogP contribution in [0.15, 0.2) is 30.3 Å². The highest BCUT2D eigenvalue weighted by Crippen LogP contribution is 2.33. The van der Waals surface area contributed by atoms with Crippen molar-refractivity contribution in [1.82, 2.24) is 10.2 Å². The molecule has 9 heteroatoms. The van der Waals surface area contributed by atoms with Gasteiger partial charge in [-0.25, -0.2) is 0 Å². The van der Waals surface area contributed by atoms with Crippen molar-refractivity contribution < 1.29 is 18.0 Å². The Morgan fingerprint density at radius 2 is 1.84 bits per heavy atom. The lowest BCUT2D eigenvalue weighted by Gasteiger charge is -2.18. The van der Waals surface area contributed by atoms with Gasteiger partial charge in [0.05, 0.1) is 16.3 Å². The number of rotatable bonds is 5. The lowest BCUT2D eigenvalue weighted by Crippen LogP contribution is -2.24. The molecule has 0 unspecified atom stereocenters. The van der Waals surface area contributed by atoms with Gasteiger partial charge in [0.15, 0.2) is 11.5 Å². The van der Waals surface area contributed by atoms with Gasteiger partial charge in [-0.1, -0.05) is 11.6 Å². The maximum absolute atomic E-state index is 12.8. The van der Waals surface area contributed by atoms with Crippen molar-refractivity contribution in [2.75, 3.05) is 23.3 Å². The monoisotopic (exact) mass is 372 g/mol. The van der Waals surface area contributed by atoms with E-state index in [-0.39, 0.29) is 16.4 Å². The molecule has 0 bridgehead atoms. The summed E-state index contributed by atoms with van der Waals surface area (Å²) in [6, 6.07) is 5.78. The van der Waals surface area contributed by atoms with Crippen molar-refractivity contribution in [2.45, 2.75) is 20.0 Å². The number of nitrogens with one attached hydrogen (secondary N) is 1. The van der Waals surface area contributed by atoms with Crippen molar-refractivity contribution in [3.05, 3.63) is 46.6 Å². The van der Waals surface area contributed by atoms with Gasteiger partial charge >= 0.3 is 6.18 Å². The minimum atomic E-state index is -4.53. The van der Waals surface area contributed by atoms with Crippen molar-refractivity contribution in [1.29, 1.82) is 0 Å². The van der Waals surface area contributed by atoms with E-state index in [0.29, 0.717) is 5.82 Å². The third-order valence-electron chi connectivity index (χ3n) is 3.51. The molecule has 1 aromatic carbocycles. The zero-order valence-corrected chi connectivity index (χ0v) is 14.3. The fourth-order valence-electron chi connectivity index (χ4n) is 2.15. The molecule has 2 rings (SSSR count). The van der Waals surface area contributed by atoms with E-state index in [0.717, 1.165) is 31.3 Å². The summed E-state index contributed by atoms with van der Waals surface area (Å²) in [6.45, 7) is 5.38. The fourth-order valence-corrected chi connectivity index (χ4v) is 2.31. The molecule has 0 aliphatic heterocycles. The minimum Gasteiger partial charge on any atom is -0.356 e. The number of alkyl halides is 3. The van der Waals surface area contributed by atoms with Gasteiger partial charge in [0, 0.05) is 13.1 Å². The molecule has 0 aliphatic carbocycles. The molecule has 1 aromatic heterocycles. The second-order valence-corrected chi connectivity index (χ2v) is 5.50. The minimum absolute atomic E-state index is 0.00549. The summed E-state index contributed by atoms with van der Waals surface area (Å²) in [5, 5.41) is 10.1. The summed E-state index contributed by atoms with van der Waals surface area (Å²) in [4.78, 5) is 14.1. The Balaban J connectivity index is 2.20. The molecule has 0 saturated carbocycles. The van der Waals surface area contributed by atoms with Crippen LogP contribution < -0.4 is 10.2 Å². The molecule has 0 atom stereocenters. The van der Waals surface area contributed by atoms with E-state index in [1.165, 1.54) is 6.07 Å². The Hall–Kier alpha value is -2.35. The summed E-state index contributed by atoms with van der Waals surface area (Å²) < 4.78 is 38.3. The summed E-state index contributed by atoms with van der Waals surface area (Å²) >= 11 is 5.86. The molecule has 0 radical (unpaired) electrons. The van der Waals surface area contributed by atoms with Gasteiger partial charge in [-0.3, -0.25) is 4.79 Å². The van der Waals surface area contributed by atoms with Gasteiger partial charge < -0.3 is 10.2 Å². The van der Waals surface area contributed by atoms with Crippen molar-refractivity contribution in [3.63, 3.8) is 0 Å². The molecule has 1 N–H and O–H groups in total. The van der Waals surface area contributed by atoms with Crippen molar-refractivity contribution in [2.24, 2.45) is 0 Å². The Kier molecular flexibility index (Phi) is 5.84. The summed E-state index contributed by atoms with van der Waals surface area (Å²) in [5.74, 6) is -0.0847. The highest BCUT2D eigenvalue weighted by Gasteiger charge is 2.31. The molecule has 5 nitrogen and oxygen atoms in total. The molecular formula is C16H16ClF3N4O. The molecule has 1 amide bonds. The smallest absolute Gasteiger partial charge is 0.356 e. The molecule has 134 valence electrons. The first-order valence-corrected chi connectivity index (χ1v) is 7.90. The number of aromatic nitrogens is 2. The largest absolute Gasteiger partial charge is 0.416 e. The number of anilines is 2. The number of benzene rings is 1. The topological polar surface area (TPSA) is 58.1 Å². The number of nitrogens with zero attached hydrogens (tertiary/aromatic N) is 3. The van der Waals surface area contributed by atoms with Crippen LogP contribution in [-0.4, -0.2) is 29.2 Å². The zero-order valence-electron chi connectivity index (χ0n) is 13.6. The summed E-state index contributed by atoms with van der Waals surface area (Å²) in [5.41, 5.74) is -1.07. The van der Waals surface area contributed by atoms with Crippen LogP contribution in [0, 0.1) is 0 Å². The van der Waals surface area contributed by atoms with Gasteiger partial charge in [0.1, 0.15) is 0 Å². The normalized spacial score (nSPS) is 11.3. The van der Waals surface area contributed by atoms with E-state index < -0.39 is 17.6 Å². The molecule has 1 heterocycles. The van der Waals surface area contributed by atoms with Gasteiger partial charge in [-0.2, -0.15) is 13.2 Å². The number of carbonyl (C=O) groups is 1. The van der Waals surface area contributed by atoms with Crippen molar-refractivity contribution >= 4 is 29.0 Å². The van der Waals surface area contributed by atoms with E-state index in [1.54, 1.807) is 6.07 Å². The van der Waals surface area contributed by atoms with Gasteiger partial charge in [0.2, 0.25) is 0 Å². The molecule has 2 aromatic rings. The Morgan fingerprint density at radius 1 is 1.16 bits per heavy atom. The molecular weight excluding hydrogens is 357 g/mol. The van der Waals surface area contributed by atoms with Crippen LogP contribution in [-0.2, 0) is 6.18 Å². The second kappa shape index (κ2) is 7.69.